The van der Waals surface area contributed by atoms with Gasteiger partial charge in [-0.15, -0.1) is 11.3 Å². The summed E-state index contributed by atoms with van der Waals surface area (Å²) in [6.45, 7) is 8.74. The average molecular weight is 390 g/mol. The molecule has 4 rings (SSSR count). The summed E-state index contributed by atoms with van der Waals surface area (Å²) in [7, 11) is 0. The summed E-state index contributed by atoms with van der Waals surface area (Å²) in [5, 5.41) is 0. The number of likely N-dealkylation sites (N-methyl/N-ethyl adjacent to an activating group) is 1. The van der Waals surface area contributed by atoms with Crippen molar-refractivity contribution in [2.24, 2.45) is 5.92 Å². The quantitative estimate of drug-likeness (QED) is 0.798. The van der Waals surface area contributed by atoms with E-state index in [1.807, 2.05) is 4.90 Å². The van der Waals surface area contributed by atoms with Crippen molar-refractivity contribution in [2.45, 2.75) is 45.4 Å². The van der Waals surface area contributed by atoms with Gasteiger partial charge in [0, 0.05) is 50.1 Å². The Morgan fingerprint density at radius 3 is 2.48 bits per heavy atom. The van der Waals surface area contributed by atoms with Gasteiger partial charge < -0.3 is 14.7 Å². The highest BCUT2D eigenvalue weighted by Crippen LogP contribution is 2.34. The molecule has 5 nitrogen and oxygen atoms in total. The van der Waals surface area contributed by atoms with Crippen LogP contribution < -0.4 is 0 Å². The van der Waals surface area contributed by atoms with E-state index >= 15 is 0 Å². The number of piperazine rings is 1. The molecule has 1 aromatic heterocycles. The molecule has 0 unspecified atom stereocenters. The molecule has 3 aliphatic rings. The zero-order valence-electron chi connectivity index (χ0n) is 16.4. The van der Waals surface area contributed by atoms with Crippen LogP contribution in [0, 0.1) is 5.92 Å². The van der Waals surface area contributed by atoms with Gasteiger partial charge in [-0.25, -0.2) is 0 Å². The number of hydrogen-bond acceptors (Lipinski definition) is 4. The molecule has 2 saturated heterocycles. The van der Waals surface area contributed by atoms with Crippen LogP contribution in [0.25, 0.3) is 0 Å². The summed E-state index contributed by atoms with van der Waals surface area (Å²) < 4.78 is 0. The largest absolute Gasteiger partial charge is 0.340 e. The molecule has 0 bridgehead atoms. The first-order valence-corrected chi connectivity index (χ1v) is 11.4. The number of hydrogen-bond donors (Lipinski definition) is 0. The smallest absolute Gasteiger partial charge is 0.263 e. The molecule has 148 valence electrons. The summed E-state index contributed by atoms with van der Waals surface area (Å²) in [5.74, 6) is 0.623. The van der Waals surface area contributed by atoms with Crippen LogP contribution in [0.15, 0.2) is 6.07 Å². The lowest BCUT2D eigenvalue weighted by Gasteiger charge is -2.36. The molecule has 6 heteroatoms. The SMILES string of the molecule is CCN1CCN(C(=O)[C@@H]2CCc3sc(C(=O)N4CCCCC4)cc3C2)CC1. The maximum absolute atomic E-state index is 13.0. The van der Waals surface area contributed by atoms with Gasteiger partial charge in [0.2, 0.25) is 5.91 Å². The summed E-state index contributed by atoms with van der Waals surface area (Å²) in [5.41, 5.74) is 1.25. The number of aryl methyl sites for hydroxylation is 1. The standard InChI is InChI=1S/C21H31N3O2S/c1-2-22-10-12-24(13-11-22)20(25)16-6-7-18-17(14-16)15-19(27-18)21(26)23-8-4-3-5-9-23/h15-16H,2-14H2,1H3/t16-/m1/s1. The number of thiophene rings is 1. The number of fused-ring (bicyclic) bond motifs is 1. The van der Waals surface area contributed by atoms with Gasteiger partial charge in [0.1, 0.15) is 0 Å². The lowest BCUT2D eigenvalue weighted by Crippen LogP contribution is -2.50. The van der Waals surface area contributed by atoms with Crippen molar-refractivity contribution in [3.05, 3.63) is 21.4 Å². The Bertz CT molecular complexity index is 688. The van der Waals surface area contributed by atoms with Crippen LogP contribution in [-0.4, -0.2) is 72.3 Å². The van der Waals surface area contributed by atoms with Gasteiger partial charge >= 0.3 is 0 Å². The van der Waals surface area contributed by atoms with E-state index in [2.05, 4.69) is 22.8 Å². The number of amides is 2. The van der Waals surface area contributed by atoms with Crippen LogP contribution in [-0.2, 0) is 17.6 Å². The first-order chi connectivity index (χ1) is 13.2. The molecule has 2 amide bonds. The van der Waals surface area contributed by atoms with E-state index in [0.717, 1.165) is 82.8 Å². The van der Waals surface area contributed by atoms with Crippen LogP contribution in [0.3, 0.4) is 0 Å². The van der Waals surface area contributed by atoms with Crippen LogP contribution in [0.2, 0.25) is 0 Å². The second kappa shape index (κ2) is 8.31. The molecule has 1 aliphatic carbocycles. The Morgan fingerprint density at radius 1 is 1.04 bits per heavy atom. The van der Waals surface area contributed by atoms with Gasteiger partial charge in [-0.3, -0.25) is 9.59 Å². The molecule has 27 heavy (non-hydrogen) atoms. The predicted octanol–water partition coefficient (Wildman–Crippen LogP) is 2.64. The fraction of sp³-hybridized carbons (Fsp3) is 0.714. The number of nitrogens with zero attached hydrogens (tertiary/aromatic N) is 3. The summed E-state index contributed by atoms with van der Waals surface area (Å²) in [6, 6.07) is 2.09. The molecule has 2 fully saturated rings. The lowest BCUT2D eigenvalue weighted by atomic mass is 9.87. The minimum Gasteiger partial charge on any atom is -0.340 e. The number of carbonyl (C=O) groups excluding carboxylic acids is 2. The van der Waals surface area contributed by atoms with E-state index in [1.165, 1.54) is 16.9 Å². The Morgan fingerprint density at radius 2 is 1.78 bits per heavy atom. The molecule has 0 N–H and O–H groups in total. The summed E-state index contributed by atoms with van der Waals surface area (Å²) in [6.07, 6.45) is 6.17. The third-order valence-electron chi connectivity index (χ3n) is 6.42. The van der Waals surface area contributed by atoms with Gasteiger partial charge in [-0.05, 0) is 56.7 Å². The molecule has 3 heterocycles. The number of carbonyl (C=O) groups is 2. The Labute approximate surface area is 166 Å². The molecule has 0 aromatic carbocycles. The first-order valence-electron chi connectivity index (χ1n) is 10.6. The second-order valence-corrected chi connectivity index (χ2v) is 9.25. The van der Waals surface area contributed by atoms with Gasteiger partial charge in [0.05, 0.1) is 4.88 Å². The average Bonchev–Trinajstić information content (AvgIpc) is 3.16. The Kier molecular flexibility index (Phi) is 5.83. The van der Waals surface area contributed by atoms with Crippen molar-refractivity contribution in [3.63, 3.8) is 0 Å². The molecular formula is C21H31N3O2S. The molecule has 2 aliphatic heterocycles. The topological polar surface area (TPSA) is 43.9 Å². The van der Waals surface area contributed by atoms with E-state index in [0.29, 0.717) is 5.91 Å². The number of piperidine rings is 1. The van der Waals surface area contributed by atoms with Crippen molar-refractivity contribution < 1.29 is 9.59 Å². The zero-order chi connectivity index (χ0) is 18.8. The van der Waals surface area contributed by atoms with E-state index in [1.54, 1.807) is 11.3 Å². The normalized spacial score (nSPS) is 24.0. The van der Waals surface area contributed by atoms with Gasteiger partial charge in [0.25, 0.3) is 5.91 Å². The minimum absolute atomic E-state index is 0.0956. The van der Waals surface area contributed by atoms with Crippen molar-refractivity contribution in [3.8, 4) is 0 Å². The monoisotopic (exact) mass is 389 g/mol. The molecule has 1 atom stereocenters. The maximum atomic E-state index is 13.0. The van der Waals surface area contributed by atoms with Crippen LogP contribution in [0.5, 0.6) is 0 Å². The molecular weight excluding hydrogens is 358 g/mol. The molecule has 0 saturated carbocycles. The van der Waals surface area contributed by atoms with Crippen molar-refractivity contribution >= 4 is 23.2 Å². The fourth-order valence-electron chi connectivity index (χ4n) is 4.64. The van der Waals surface area contributed by atoms with E-state index < -0.39 is 0 Å². The van der Waals surface area contributed by atoms with Crippen LogP contribution in [0.1, 0.15) is 52.7 Å². The number of likely N-dealkylation sites (tertiary alicyclic amines) is 1. The third-order valence-corrected chi connectivity index (χ3v) is 7.64. The van der Waals surface area contributed by atoms with Gasteiger partial charge in [-0.2, -0.15) is 0 Å². The minimum atomic E-state index is 0.0956. The first kappa shape index (κ1) is 18.9. The molecule has 0 spiro atoms. The fourth-order valence-corrected chi connectivity index (χ4v) is 5.81. The van der Waals surface area contributed by atoms with Crippen molar-refractivity contribution in [1.82, 2.24) is 14.7 Å². The second-order valence-electron chi connectivity index (χ2n) is 8.11. The van der Waals surface area contributed by atoms with Crippen molar-refractivity contribution in [2.75, 3.05) is 45.8 Å². The third kappa shape index (κ3) is 4.06. The van der Waals surface area contributed by atoms with Crippen LogP contribution >= 0.6 is 11.3 Å². The highest BCUT2D eigenvalue weighted by atomic mass is 32.1. The molecule has 0 radical (unpaired) electrons. The maximum Gasteiger partial charge on any atom is 0.263 e. The number of rotatable bonds is 3. The molecule has 1 aromatic rings. The Balaban J connectivity index is 1.39. The van der Waals surface area contributed by atoms with Gasteiger partial charge in [-0.1, -0.05) is 6.92 Å². The Hall–Kier alpha value is -1.40. The highest BCUT2D eigenvalue weighted by Gasteiger charge is 2.32. The summed E-state index contributed by atoms with van der Waals surface area (Å²) in [4.78, 5) is 34.5. The van der Waals surface area contributed by atoms with E-state index in [4.69, 9.17) is 0 Å². The summed E-state index contributed by atoms with van der Waals surface area (Å²) >= 11 is 1.67. The van der Waals surface area contributed by atoms with E-state index in [-0.39, 0.29) is 11.8 Å². The van der Waals surface area contributed by atoms with Crippen LogP contribution in [0.4, 0.5) is 0 Å². The van der Waals surface area contributed by atoms with Gasteiger partial charge in [0.15, 0.2) is 0 Å². The predicted molar refractivity (Wildman–Crippen MR) is 108 cm³/mol. The zero-order valence-corrected chi connectivity index (χ0v) is 17.2. The van der Waals surface area contributed by atoms with Crippen molar-refractivity contribution in [1.29, 1.82) is 0 Å². The lowest BCUT2D eigenvalue weighted by molar-refractivity contribution is -0.137. The highest BCUT2D eigenvalue weighted by molar-refractivity contribution is 7.14. The van der Waals surface area contributed by atoms with E-state index in [9.17, 15) is 9.59 Å².